The van der Waals surface area contributed by atoms with Crippen molar-refractivity contribution < 1.29 is 4.79 Å². The van der Waals surface area contributed by atoms with E-state index in [4.69, 9.17) is 0 Å². The minimum absolute atomic E-state index is 0.0714. The van der Waals surface area contributed by atoms with E-state index in [1.54, 1.807) is 11.8 Å². The van der Waals surface area contributed by atoms with Crippen molar-refractivity contribution in [2.45, 2.75) is 24.8 Å². The third kappa shape index (κ3) is 4.63. The lowest BCUT2D eigenvalue weighted by atomic mass is 10.1. The third-order valence-corrected chi connectivity index (χ3v) is 4.61. The Morgan fingerprint density at radius 3 is 2.78 bits per heavy atom. The van der Waals surface area contributed by atoms with Crippen LogP contribution in [0.5, 0.6) is 0 Å². The number of halogens is 1. The summed E-state index contributed by atoms with van der Waals surface area (Å²) in [5.74, 6) is 0.523. The van der Waals surface area contributed by atoms with Crippen LogP contribution in [0.3, 0.4) is 0 Å². The Morgan fingerprint density at radius 2 is 2.22 bits per heavy atom. The summed E-state index contributed by atoms with van der Waals surface area (Å²) in [4.78, 5) is 12.5. The van der Waals surface area contributed by atoms with E-state index < -0.39 is 0 Å². The van der Waals surface area contributed by atoms with Gasteiger partial charge < -0.3 is 10.6 Å². The number of carbonyl (C=O) groups excluding carboxylic acids is 1. The fourth-order valence-corrected chi connectivity index (χ4v) is 2.95. The Hall–Kier alpha value is -0.520. The predicted molar refractivity (Wildman–Crippen MR) is 81.0 cm³/mol. The Kier molecular flexibility index (Phi) is 6.75. The molecule has 0 saturated heterocycles. The molecule has 0 heterocycles. The van der Waals surface area contributed by atoms with E-state index in [1.165, 1.54) is 5.56 Å². The Labute approximate surface area is 121 Å². The fourth-order valence-electron chi connectivity index (χ4n) is 1.46. The summed E-state index contributed by atoms with van der Waals surface area (Å²) in [6.45, 7) is 4.72. The molecule has 3 nitrogen and oxygen atoms in total. The number of benzene rings is 1. The molecule has 0 aliphatic carbocycles. The second kappa shape index (κ2) is 7.81. The number of nitrogens with one attached hydrogen (secondary N) is 2. The standard InChI is InChI=1S/C13H19BrN2OS/c1-4-16-13(17)8-18-12-6-5-10(7-11(12)14)9(2)15-3/h5-7,9,15H,4,8H2,1-3H3,(H,16,17). The smallest absolute Gasteiger partial charge is 0.230 e. The van der Waals surface area contributed by atoms with E-state index in [0.29, 0.717) is 18.3 Å². The summed E-state index contributed by atoms with van der Waals surface area (Å²) in [5.41, 5.74) is 1.23. The monoisotopic (exact) mass is 330 g/mol. The first-order chi connectivity index (χ1) is 8.58. The molecule has 1 amide bonds. The van der Waals surface area contributed by atoms with Crippen molar-refractivity contribution in [2.24, 2.45) is 0 Å². The molecule has 0 radical (unpaired) electrons. The minimum atomic E-state index is 0.0714. The third-order valence-electron chi connectivity index (χ3n) is 2.62. The molecule has 0 saturated carbocycles. The summed E-state index contributed by atoms with van der Waals surface area (Å²) < 4.78 is 1.04. The van der Waals surface area contributed by atoms with E-state index in [1.807, 2.05) is 14.0 Å². The van der Waals surface area contributed by atoms with Crippen LogP contribution in [0, 0.1) is 0 Å². The zero-order chi connectivity index (χ0) is 13.5. The molecule has 0 aromatic heterocycles. The van der Waals surface area contributed by atoms with Gasteiger partial charge in [-0.3, -0.25) is 4.79 Å². The van der Waals surface area contributed by atoms with Crippen LogP contribution < -0.4 is 10.6 Å². The van der Waals surface area contributed by atoms with Crippen LogP contribution in [0.15, 0.2) is 27.6 Å². The second-order valence-electron chi connectivity index (χ2n) is 3.94. The Bertz CT molecular complexity index is 412. The van der Waals surface area contributed by atoms with Gasteiger partial charge in [0.15, 0.2) is 0 Å². The van der Waals surface area contributed by atoms with Gasteiger partial charge in [0.2, 0.25) is 5.91 Å². The highest BCUT2D eigenvalue weighted by molar-refractivity contribution is 9.10. The Balaban J connectivity index is 2.65. The quantitative estimate of drug-likeness (QED) is 0.788. The normalized spacial score (nSPS) is 12.2. The van der Waals surface area contributed by atoms with Gasteiger partial charge in [-0.05, 0) is 54.5 Å². The molecular weight excluding hydrogens is 312 g/mol. The van der Waals surface area contributed by atoms with Crippen molar-refractivity contribution in [3.8, 4) is 0 Å². The van der Waals surface area contributed by atoms with Gasteiger partial charge in [0, 0.05) is 22.0 Å². The van der Waals surface area contributed by atoms with Crippen LogP contribution in [0.2, 0.25) is 0 Å². The average molecular weight is 331 g/mol. The molecule has 0 aliphatic rings. The fraction of sp³-hybridized carbons (Fsp3) is 0.462. The molecule has 100 valence electrons. The van der Waals surface area contributed by atoms with Gasteiger partial charge in [0.05, 0.1) is 5.75 Å². The number of hydrogen-bond acceptors (Lipinski definition) is 3. The molecule has 1 aromatic rings. The first kappa shape index (κ1) is 15.5. The van der Waals surface area contributed by atoms with Crippen molar-refractivity contribution in [1.82, 2.24) is 10.6 Å². The molecule has 0 spiro atoms. The van der Waals surface area contributed by atoms with Gasteiger partial charge in [-0.2, -0.15) is 0 Å². The van der Waals surface area contributed by atoms with Crippen molar-refractivity contribution in [2.75, 3.05) is 19.3 Å². The second-order valence-corrected chi connectivity index (χ2v) is 5.81. The summed E-state index contributed by atoms with van der Waals surface area (Å²) in [6, 6.07) is 6.56. The first-order valence-corrected chi connectivity index (χ1v) is 7.72. The van der Waals surface area contributed by atoms with Crippen LogP contribution in [-0.2, 0) is 4.79 Å². The summed E-state index contributed by atoms with van der Waals surface area (Å²) >= 11 is 5.10. The molecule has 2 N–H and O–H groups in total. The Morgan fingerprint density at radius 1 is 1.50 bits per heavy atom. The molecule has 1 atom stereocenters. The van der Waals surface area contributed by atoms with Gasteiger partial charge in [-0.1, -0.05) is 6.07 Å². The van der Waals surface area contributed by atoms with Gasteiger partial charge in [-0.15, -0.1) is 11.8 Å². The van der Waals surface area contributed by atoms with Gasteiger partial charge in [-0.25, -0.2) is 0 Å². The molecule has 1 unspecified atom stereocenters. The van der Waals surface area contributed by atoms with Crippen LogP contribution >= 0.6 is 27.7 Å². The maximum Gasteiger partial charge on any atom is 0.230 e. The van der Waals surface area contributed by atoms with Crippen LogP contribution in [-0.4, -0.2) is 25.3 Å². The molecular formula is C13H19BrN2OS. The molecule has 1 aromatic carbocycles. The van der Waals surface area contributed by atoms with Crippen LogP contribution in [0.25, 0.3) is 0 Å². The van der Waals surface area contributed by atoms with Crippen molar-refractivity contribution in [3.63, 3.8) is 0 Å². The van der Waals surface area contributed by atoms with Gasteiger partial charge >= 0.3 is 0 Å². The number of hydrogen-bond donors (Lipinski definition) is 2. The zero-order valence-corrected chi connectivity index (χ0v) is 13.3. The summed E-state index contributed by atoms with van der Waals surface area (Å²) in [6.07, 6.45) is 0. The summed E-state index contributed by atoms with van der Waals surface area (Å²) in [5, 5.41) is 5.99. The predicted octanol–water partition coefficient (Wildman–Crippen LogP) is 2.96. The van der Waals surface area contributed by atoms with Crippen molar-refractivity contribution >= 4 is 33.6 Å². The van der Waals surface area contributed by atoms with Crippen molar-refractivity contribution in [3.05, 3.63) is 28.2 Å². The maximum absolute atomic E-state index is 11.4. The SMILES string of the molecule is CCNC(=O)CSc1ccc(C(C)NC)cc1Br. The lowest BCUT2D eigenvalue weighted by Gasteiger charge is -2.12. The van der Waals surface area contributed by atoms with E-state index in [0.717, 1.165) is 9.37 Å². The molecule has 0 fully saturated rings. The van der Waals surface area contributed by atoms with Gasteiger partial charge in [0.25, 0.3) is 0 Å². The number of amides is 1. The highest BCUT2D eigenvalue weighted by Crippen LogP contribution is 2.29. The number of carbonyl (C=O) groups is 1. The number of rotatable bonds is 6. The molecule has 18 heavy (non-hydrogen) atoms. The highest BCUT2D eigenvalue weighted by atomic mass is 79.9. The maximum atomic E-state index is 11.4. The lowest BCUT2D eigenvalue weighted by molar-refractivity contribution is -0.118. The molecule has 0 bridgehead atoms. The molecule has 5 heteroatoms. The van der Waals surface area contributed by atoms with Crippen molar-refractivity contribution in [1.29, 1.82) is 0 Å². The number of thioether (sulfide) groups is 1. The largest absolute Gasteiger partial charge is 0.356 e. The van der Waals surface area contributed by atoms with Gasteiger partial charge in [0.1, 0.15) is 0 Å². The highest BCUT2D eigenvalue weighted by Gasteiger charge is 2.08. The van der Waals surface area contributed by atoms with Crippen LogP contribution in [0.1, 0.15) is 25.5 Å². The zero-order valence-electron chi connectivity index (χ0n) is 10.9. The van der Waals surface area contributed by atoms with Crippen LogP contribution in [0.4, 0.5) is 0 Å². The molecule has 0 aliphatic heterocycles. The summed E-state index contributed by atoms with van der Waals surface area (Å²) in [7, 11) is 1.94. The van der Waals surface area contributed by atoms with E-state index >= 15 is 0 Å². The average Bonchev–Trinajstić information content (AvgIpc) is 2.36. The molecule has 1 rings (SSSR count). The first-order valence-electron chi connectivity index (χ1n) is 5.94. The minimum Gasteiger partial charge on any atom is -0.356 e. The topological polar surface area (TPSA) is 41.1 Å². The lowest BCUT2D eigenvalue weighted by Crippen LogP contribution is -2.24. The van der Waals surface area contributed by atoms with E-state index in [2.05, 4.69) is 51.7 Å². The van der Waals surface area contributed by atoms with E-state index in [9.17, 15) is 4.79 Å². The van der Waals surface area contributed by atoms with E-state index in [-0.39, 0.29) is 5.91 Å².